The van der Waals surface area contributed by atoms with Crippen molar-refractivity contribution in [1.29, 1.82) is 0 Å². The highest BCUT2D eigenvalue weighted by Crippen LogP contribution is 2.47. The largest absolute Gasteiger partial charge is 0.453 e. The Bertz CT molecular complexity index is 921. The predicted molar refractivity (Wildman–Crippen MR) is 97.0 cm³/mol. The molecule has 1 fully saturated rings. The average Bonchev–Trinajstić information content (AvgIpc) is 3.39. The molecular weight excluding hydrogens is 374 g/mol. The number of hydrogen-bond acceptors (Lipinski definition) is 7. The normalized spacial score (nSPS) is 16.7. The van der Waals surface area contributed by atoms with Crippen LogP contribution in [0, 0.1) is 0 Å². The van der Waals surface area contributed by atoms with E-state index in [1.807, 2.05) is 0 Å². The minimum Gasteiger partial charge on any atom is -0.453 e. The van der Waals surface area contributed by atoms with E-state index in [0.717, 1.165) is 0 Å². The van der Waals surface area contributed by atoms with E-state index in [4.69, 9.17) is 9.47 Å². The number of rotatable bonds is 3. The summed E-state index contributed by atoms with van der Waals surface area (Å²) in [5, 5.41) is 9.75. The molecule has 0 aliphatic carbocycles. The monoisotopic (exact) mass is 389 g/mol. The van der Waals surface area contributed by atoms with E-state index in [-0.39, 0.29) is 24.8 Å². The quantitative estimate of drug-likeness (QED) is 0.742. The summed E-state index contributed by atoms with van der Waals surface area (Å²) in [7, 11) is 1.22. The Kier molecular flexibility index (Phi) is 4.30. The Balaban J connectivity index is 1.76. The second-order valence-corrected chi connectivity index (χ2v) is 6.71. The van der Waals surface area contributed by atoms with Gasteiger partial charge in [-0.25, -0.2) is 4.79 Å². The minimum absolute atomic E-state index is 0.248. The van der Waals surface area contributed by atoms with Crippen LogP contribution >= 0.6 is 11.3 Å². The van der Waals surface area contributed by atoms with Crippen LogP contribution in [0.3, 0.4) is 0 Å². The summed E-state index contributed by atoms with van der Waals surface area (Å²) in [6, 6.07) is 6.57. The molecule has 0 radical (unpaired) electrons. The van der Waals surface area contributed by atoms with Crippen molar-refractivity contribution in [3.8, 4) is 0 Å². The maximum atomic E-state index is 12.5. The number of fused-ring (bicyclic) bond motifs is 2. The van der Waals surface area contributed by atoms with Crippen molar-refractivity contribution in [2.45, 2.75) is 5.79 Å². The lowest BCUT2D eigenvalue weighted by Gasteiger charge is -2.20. The van der Waals surface area contributed by atoms with Gasteiger partial charge < -0.3 is 24.8 Å². The van der Waals surface area contributed by atoms with Gasteiger partial charge in [-0.15, -0.1) is 11.3 Å². The van der Waals surface area contributed by atoms with Crippen LogP contribution in [0.4, 0.5) is 21.9 Å². The van der Waals surface area contributed by atoms with Crippen molar-refractivity contribution in [2.75, 3.05) is 36.3 Å². The molecule has 3 heterocycles. The van der Waals surface area contributed by atoms with Crippen molar-refractivity contribution in [3.63, 3.8) is 0 Å². The number of nitrogens with one attached hydrogen (secondary N) is 3. The van der Waals surface area contributed by atoms with Crippen LogP contribution in [0.15, 0.2) is 29.6 Å². The molecule has 1 aromatic carbocycles. The highest BCUT2D eigenvalue weighted by Gasteiger charge is 2.53. The molecule has 0 atom stereocenters. The molecule has 2 aliphatic heterocycles. The van der Waals surface area contributed by atoms with E-state index in [0.29, 0.717) is 21.8 Å². The number of carbonyl (C=O) groups excluding carboxylic acids is 3. The van der Waals surface area contributed by atoms with Crippen LogP contribution in [-0.2, 0) is 24.8 Å². The molecule has 27 heavy (non-hydrogen) atoms. The molecule has 10 heteroatoms. The third kappa shape index (κ3) is 2.93. The Morgan fingerprint density at radius 1 is 1.26 bits per heavy atom. The highest BCUT2D eigenvalue weighted by atomic mass is 32.1. The molecule has 3 amide bonds. The lowest BCUT2D eigenvalue weighted by atomic mass is 10.0. The number of thiophene rings is 1. The molecule has 140 valence electrons. The molecule has 3 N–H and O–H groups in total. The SMILES string of the molecule is COC(=O)Nc1cc(NC(=O)c2cccs2)cc2c1NC(=O)C21OCCO1. The summed E-state index contributed by atoms with van der Waals surface area (Å²) < 4.78 is 15.8. The molecule has 1 aromatic heterocycles. The molecule has 0 unspecified atom stereocenters. The number of ether oxygens (including phenoxy) is 3. The maximum Gasteiger partial charge on any atom is 0.411 e. The molecule has 9 nitrogen and oxygen atoms in total. The zero-order valence-corrected chi connectivity index (χ0v) is 15.0. The Hall–Kier alpha value is -2.95. The molecule has 0 saturated carbocycles. The fourth-order valence-corrected chi connectivity index (χ4v) is 3.60. The smallest absolute Gasteiger partial charge is 0.411 e. The third-order valence-electron chi connectivity index (χ3n) is 4.15. The zero-order chi connectivity index (χ0) is 19.0. The molecule has 2 aromatic rings. The van der Waals surface area contributed by atoms with Crippen molar-refractivity contribution >= 4 is 46.3 Å². The number of benzene rings is 1. The summed E-state index contributed by atoms with van der Waals surface area (Å²) in [4.78, 5) is 37.1. The fourth-order valence-electron chi connectivity index (χ4n) is 2.99. The molecular formula is C17H15N3O6S. The second-order valence-electron chi connectivity index (χ2n) is 5.76. The highest BCUT2D eigenvalue weighted by molar-refractivity contribution is 7.12. The van der Waals surface area contributed by atoms with Gasteiger partial charge in [-0.2, -0.15) is 0 Å². The van der Waals surface area contributed by atoms with Crippen LogP contribution < -0.4 is 16.0 Å². The van der Waals surface area contributed by atoms with Crippen molar-refractivity contribution in [2.24, 2.45) is 0 Å². The van der Waals surface area contributed by atoms with Gasteiger partial charge in [0.25, 0.3) is 17.6 Å². The molecule has 2 aliphatic rings. The number of methoxy groups -OCH3 is 1. The second kappa shape index (κ2) is 6.65. The Morgan fingerprint density at radius 2 is 2.04 bits per heavy atom. The van der Waals surface area contributed by atoms with Gasteiger partial charge in [0.1, 0.15) is 0 Å². The lowest BCUT2D eigenvalue weighted by molar-refractivity contribution is -0.178. The van der Waals surface area contributed by atoms with Crippen LogP contribution in [0.2, 0.25) is 0 Å². The molecule has 0 bridgehead atoms. The topological polar surface area (TPSA) is 115 Å². The van der Waals surface area contributed by atoms with E-state index in [1.54, 1.807) is 23.6 Å². The number of carbonyl (C=O) groups is 3. The maximum absolute atomic E-state index is 12.5. The molecule has 4 rings (SSSR count). The number of hydrogen-bond donors (Lipinski definition) is 3. The first-order valence-corrected chi connectivity index (χ1v) is 8.89. The first kappa shape index (κ1) is 17.5. The van der Waals surface area contributed by atoms with Crippen molar-refractivity contribution < 1.29 is 28.6 Å². The van der Waals surface area contributed by atoms with Gasteiger partial charge in [0.05, 0.1) is 36.6 Å². The summed E-state index contributed by atoms with van der Waals surface area (Å²) in [6.45, 7) is 0.497. The van der Waals surface area contributed by atoms with Gasteiger partial charge in [-0.05, 0) is 23.6 Å². The van der Waals surface area contributed by atoms with E-state index in [1.165, 1.54) is 24.5 Å². The van der Waals surface area contributed by atoms with Crippen LogP contribution in [0.5, 0.6) is 0 Å². The van der Waals surface area contributed by atoms with Gasteiger partial charge in [0, 0.05) is 11.3 Å². The minimum atomic E-state index is -1.59. The first-order valence-electron chi connectivity index (χ1n) is 8.01. The standard InChI is InChI=1S/C17H15N3O6S/c1-24-16(23)19-11-8-9(18-14(21)12-3-2-6-27-12)7-10-13(11)20-15(22)17(10)25-4-5-26-17/h2-3,6-8H,4-5H2,1H3,(H,18,21)(H,19,23)(H,20,22). The number of amides is 3. The van der Waals surface area contributed by atoms with E-state index in [9.17, 15) is 14.4 Å². The number of anilines is 3. The lowest BCUT2D eigenvalue weighted by Crippen LogP contribution is -2.35. The fraction of sp³-hybridized carbons (Fsp3) is 0.235. The Morgan fingerprint density at radius 3 is 2.70 bits per heavy atom. The van der Waals surface area contributed by atoms with Gasteiger partial charge in [-0.1, -0.05) is 6.07 Å². The average molecular weight is 389 g/mol. The predicted octanol–water partition coefficient (Wildman–Crippen LogP) is 2.33. The van der Waals surface area contributed by atoms with Gasteiger partial charge in [-0.3, -0.25) is 14.9 Å². The van der Waals surface area contributed by atoms with Crippen molar-refractivity contribution in [3.05, 3.63) is 40.1 Å². The van der Waals surface area contributed by atoms with Gasteiger partial charge in [0.15, 0.2) is 0 Å². The summed E-state index contributed by atoms with van der Waals surface area (Å²) in [5.41, 5.74) is 1.33. The van der Waals surface area contributed by atoms with Crippen LogP contribution in [0.25, 0.3) is 0 Å². The third-order valence-corrected chi connectivity index (χ3v) is 5.02. The van der Waals surface area contributed by atoms with E-state index < -0.39 is 17.8 Å². The van der Waals surface area contributed by atoms with Crippen LogP contribution in [-0.4, -0.2) is 38.2 Å². The van der Waals surface area contributed by atoms with Gasteiger partial charge >= 0.3 is 6.09 Å². The van der Waals surface area contributed by atoms with Gasteiger partial charge in [0.2, 0.25) is 0 Å². The van der Waals surface area contributed by atoms with E-state index in [2.05, 4.69) is 20.7 Å². The molecule has 1 saturated heterocycles. The Labute approximate surface area is 157 Å². The first-order chi connectivity index (χ1) is 13.0. The van der Waals surface area contributed by atoms with Crippen LogP contribution in [0.1, 0.15) is 15.2 Å². The summed E-state index contributed by atoms with van der Waals surface area (Å²) >= 11 is 1.30. The van der Waals surface area contributed by atoms with Crippen molar-refractivity contribution in [1.82, 2.24) is 0 Å². The molecule has 1 spiro atoms. The van der Waals surface area contributed by atoms with E-state index >= 15 is 0 Å². The zero-order valence-electron chi connectivity index (χ0n) is 14.2. The summed E-state index contributed by atoms with van der Waals surface area (Å²) in [6.07, 6.45) is -0.720. The summed E-state index contributed by atoms with van der Waals surface area (Å²) in [5.74, 6) is -2.40.